The largest absolute Gasteiger partial charge is 0.314 e. The number of hydrogen-bond donors (Lipinski definition) is 1. The Morgan fingerprint density at radius 2 is 2.20 bits per heavy atom. The molecule has 0 aliphatic carbocycles. The van der Waals surface area contributed by atoms with Gasteiger partial charge in [-0.2, -0.15) is 0 Å². The van der Waals surface area contributed by atoms with Gasteiger partial charge in [-0.25, -0.2) is 4.39 Å². The molecular formula is C16H24BrFN2. The Bertz CT molecular complexity index is 450. The fourth-order valence-corrected chi connectivity index (χ4v) is 3.43. The molecule has 1 fully saturated rings. The van der Waals surface area contributed by atoms with E-state index < -0.39 is 0 Å². The Balaban J connectivity index is 2.22. The van der Waals surface area contributed by atoms with Gasteiger partial charge >= 0.3 is 0 Å². The molecule has 1 aliphatic rings. The van der Waals surface area contributed by atoms with Crippen LogP contribution in [-0.2, 0) is 0 Å². The van der Waals surface area contributed by atoms with Crippen LogP contribution in [0.4, 0.5) is 4.39 Å². The molecule has 1 N–H and O–H groups in total. The number of halogens is 2. The minimum Gasteiger partial charge on any atom is -0.314 e. The molecule has 2 atom stereocenters. The molecule has 2 nitrogen and oxygen atoms in total. The van der Waals surface area contributed by atoms with Crippen LogP contribution in [0.5, 0.6) is 0 Å². The van der Waals surface area contributed by atoms with E-state index in [0.717, 1.165) is 29.5 Å². The van der Waals surface area contributed by atoms with E-state index >= 15 is 0 Å². The first-order valence-corrected chi connectivity index (χ1v) is 8.17. The molecule has 1 aliphatic heterocycles. The van der Waals surface area contributed by atoms with Crippen molar-refractivity contribution in [1.82, 2.24) is 10.2 Å². The zero-order chi connectivity index (χ0) is 14.7. The summed E-state index contributed by atoms with van der Waals surface area (Å²) in [5.41, 5.74) is 0.825. The number of nitrogens with zero attached hydrogens (tertiary/aromatic N) is 1. The predicted octanol–water partition coefficient (Wildman–Crippen LogP) is 3.97. The highest BCUT2D eigenvalue weighted by molar-refractivity contribution is 9.10. The molecule has 20 heavy (non-hydrogen) atoms. The Morgan fingerprint density at radius 3 is 2.85 bits per heavy atom. The van der Waals surface area contributed by atoms with E-state index in [0.29, 0.717) is 12.0 Å². The van der Waals surface area contributed by atoms with E-state index in [1.54, 1.807) is 6.07 Å². The van der Waals surface area contributed by atoms with Crippen molar-refractivity contribution >= 4 is 15.9 Å². The maximum atomic E-state index is 14.3. The van der Waals surface area contributed by atoms with Crippen molar-refractivity contribution in [3.05, 3.63) is 34.1 Å². The van der Waals surface area contributed by atoms with Gasteiger partial charge in [0.05, 0.1) is 0 Å². The van der Waals surface area contributed by atoms with Crippen LogP contribution >= 0.6 is 15.9 Å². The van der Waals surface area contributed by atoms with E-state index in [2.05, 4.69) is 47.0 Å². The monoisotopic (exact) mass is 342 g/mol. The number of benzene rings is 1. The SMILES string of the molecule is CC(C)NCC1CCCN(C)C1c1ccc(Br)cc1F. The summed E-state index contributed by atoms with van der Waals surface area (Å²) in [7, 11) is 2.10. The number of rotatable bonds is 4. The molecule has 0 spiro atoms. The molecule has 0 aromatic heterocycles. The van der Waals surface area contributed by atoms with Crippen LogP contribution in [0.25, 0.3) is 0 Å². The number of piperidine rings is 1. The van der Waals surface area contributed by atoms with Crippen LogP contribution in [0.2, 0.25) is 0 Å². The van der Waals surface area contributed by atoms with Gasteiger partial charge in [0.15, 0.2) is 0 Å². The summed E-state index contributed by atoms with van der Waals surface area (Å²) in [6, 6.07) is 6.08. The van der Waals surface area contributed by atoms with E-state index in [4.69, 9.17) is 0 Å². The second-order valence-electron chi connectivity index (χ2n) is 6.06. The highest BCUT2D eigenvalue weighted by Crippen LogP contribution is 2.36. The summed E-state index contributed by atoms with van der Waals surface area (Å²) < 4.78 is 15.1. The van der Waals surface area contributed by atoms with Gasteiger partial charge in [0.2, 0.25) is 0 Å². The van der Waals surface area contributed by atoms with Gasteiger partial charge in [-0.1, -0.05) is 35.8 Å². The lowest BCUT2D eigenvalue weighted by molar-refractivity contribution is 0.115. The maximum absolute atomic E-state index is 14.3. The van der Waals surface area contributed by atoms with Crippen molar-refractivity contribution in [2.45, 2.75) is 38.8 Å². The summed E-state index contributed by atoms with van der Waals surface area (Å²) in [6.45, 7) is 6.30. The zero-order valence-electron chi connectivity index (χ0n) is 12.5. The molecule has 2 unspecified atom stereocenters. The summed E-state index contributed by atoms with van der Waals surface area (Å²) in [5, 5.41) is 3.51. The summed E-state index contributed by atoms with van der Waals surface area (Å²) in [4.78, 5) is 2.29. The lowest BCUT2D eigenvalue weighted by atomic mass is 9.84. The molecule has 2 rings (SSSR count). The number of likely N-dealkylation sites (tertiary alicyclic amines) is 1. The van der Waals surface area contributed by atoms with Gasteiger partial charge in [-0.05, 0) is 44.5 Å². The van der Waals surface area contributed by atoms with E-state index in [1.807, 2.05) is 12.1 Å². The van der Waals surface area contributed by atoms with E-state index in [1.165, 1.54) is 6.42 Å². The summed E-state index contributed by atoms with van der Waals surface area (Å²) in [5.74, 6) is 0.361. The highest BCUT2D eigenvalue weighted by atomic mass is 79.9. The highest BCUT2D eigenvalue weighted by Gasteiger charge is 2.32. The maximum Gasteiger partial charge on any atom is 0.129 e. The first-order chi connectivity index (χ1) is 9.49. The smallest absolute Gasteiger partial charge is 0.129 e. The van der Waals surface area contributed by atoms with Crippen molar-refractivity contribution < 1.29 is 4.39 Å². The Labute approximate surface area is 129 Å². The van der Waals surface area contributed by atoms with Crippen molar-refractivity contribution in [2.75, 3.05) is 20.1 Å². The molecule has 0 amide bonds. The molecular weight excluding hydrogens is 319 g/mol. The Morgan fingerprint density at radius 1 is 1.45 bits per heavy atom. The average molecular weight is 343 g/mol. The third-order valence-corrected chi connectivity index (χ3v) is 4.57. The summed E-state index contributed by atoms with van der Waals surface area (Å²) >= 11 is 3.33. The lowest BCUT2D eigenvalue weighted by Gasteiger charge is -2.40. The van der Waals surface area contributed by atoms with E-state index in [9.17, 15) is 4.39 Å². The second kappa shape index (κ2) is 7.01. The predicted molar refractivity (Wildman–Crippen MR) is 85.3 cm³/mol. The van der Waals surface area contributed by atoms with Gasteiger partial charge in [0.25, 0.3) is 0 Å². The van der Waals surface area contributed by atoms with Gasteiger partial charge in [-0.15, -0.1) is 0 Å². The Hall–Kier alpha value is -0.450. The molecule has 112 valence electrons. The number of nitrogens with one attached hydrogen (secondary N) is 1. The van der Waals surface area contributed by atoms with Crippen molar-refractivity contribution in [3.8, 4) is 0 Å². The van der Waals surface area contributed by atoms with Crippen LogP contribution in [0.1, 0.15) is 38.3 Å². The third kappa shape index (κ3) is 3.80. The molecule has 0 bridgehead atoms. The second-order valence-corrected chi connectivity index (χ2v) is 6.97. The minimum absolute atomic E-state index is 0.104. The molecule has 1 heterocycles. The molecule has 0 saturated carbocycles. The Kier molecular flexibility index (Phi) is 5.58. The van der Waals surface area contributed by atoms with E-state index in [-0.39, 0.29) is 11.9 Å². The first-order valence-electron chi connectivity index (χ1n) is 7.37. The summed E-state index contributed by atoms with van der Waals surface area (Å²) in [6.07, 6.45) is 2.35. The standard InChI is InChI=1S/C16H24BrFN2/c1-11(2)19-10-12-5-4-8-20(3)16(12)14-7-6-13(17)9-15(14)18/h6-7,9,11-12,16,19H,4-5,8,10H2,1-3H3. The average Bonchev–Trinajstić information content (AvgIpc) is 2.37. The van der Waals surface area contributed by atoms with Gasteiger partial charge in [-0.3, -0.25) is 4.90 Å². The van der Waals surface area contributed by atoms with Crippen LogP contribution in [0, 0.1) is 11.7 Å². The molecule has 1 aromatic carbocycles. The topological polar surface area (TPSA) is 15.3 Å². The van der Waals surface area contributed by atoms with Crippen molar-refractivity contribution in [1.29, 1.82) is 0 Å². The molecule has 1 saturated heterocycles. The van der Waals surface area contributed by atoms with Crippen LogP contribution in [-0.4, -0.2) is 31.1 Å². The zero-order valence-corrected chi connectivity index (χ0v) is 14.1. The van der Waals surface area contributed by atoms with Gasteiger partial charge in [0, 0.05) is 28.7 Å². The van der Waals surface area contributed by atoms with Crippen LogP contribution in [0.3, 0.4) is 0 Å². The van der Waals surface area contributed by atoms with Crippen LogP contribution < -0.4 is 5.32 Å². The fourth-order valence-electron chi connectivity index (χ4n) is 3.09. The molecule has 4 heteroatoms. The normalized spacial score (nSPS) is 24.3. The quantitative estimate of drug-likeness (QED) is 0.890. The van der Waals surface area contributed by atoms with Gasteiger partial charge in [0.1, 0.15) is 5.82 Å². The van der Waals surface area contributed by atoms with Crippen molar-refractivity contribution in [3.63, 3.8) is 0 Å². The molecule has 0 radical (unpaired) electrons. The molecule has 1 aromatic rings. The minimum atomic E-state index is -0.104. The fraction of sp³-hybridized carbons (Fsp3) is 0.625. The van der Waals surface area contributed by atoms with Crippen molar-refractivity contribution in [2.24, 2.45) is 5.92 Å². The third-order valence-electron chi connectivity index (χ3n) is 4.08. The van der Waals surface area contributed by atoms with Gasteiger partial charge < -0.3 is 5.32 Å². The lowest BCUT2D eigenvalue weighted by Crippen LogP contribution is -2.42. The number of hydrogen-bond acceptors (Lipinski definition) is 2. The first kappa shape index (κ1) is 15.9. The van der Waals surface area contributed by atoms with Crippen LogP contribution in [0.15, 0.2) is 22.7 Å².